The third-order valence-electron chi connectivity index (χ3n) is 3.35. The Morgan fingerprint density at radius 3 is 2.36 bits per heavy atom. The zero-order valence-corrected chi connectivity index (χ0v) is 16.5. The van der Waals surface area contributed by atoms with Gasteiger partial charge in [-0.15, -0.1) is 0 Å². The fraction of sp³-hybridized carbons (Fsp3) is 0.188. The minimum atomic E-state index is -3.71. The lowest BCUT2D eigenvalue weighted by molar-refractivity contribution is -0.114. The van der Waals surface area contributed by atoms with Crippen LogP contribution in [0.15, 0.2) is 36.4 Å². The van der Waals surface area contributed by atoms with Gasteiger partial charge < -0.3 is 5.32 Å². The molecular formula is C16H15Cl3N2O3S. The predicted molar refractivity (Wildman–Crippen MR) is 103 cm³/mol. The maximum atomic E-state index is 12.3. The Morgan fingerprint density at radius 2 is 1.76 bits per heavy atom. The number of hydrogen-bond donors (Lipinski definition) is 1. The molecule has 0 aromatic heterocycles. The van der Waals surface area contributed by atoms with Gasteiger partial charge in [-0.25, -0.2) is 8.42 Å². The van der Waals surface area contributed by atoms with Gasteiger partial charge in [-0.05, 0) is 42.8 Å². The van der Waals surface area contributed by atoms with Crippen molar-refractivity contribution in [2.45, 2.75) is 6.92 Å². The Morgan fingerprint density at radius 1 is 1.08 bits per heavy atom. The molecule has 2 rings (SSSR count). The number of amides is 1. The molecule has 0 heterocycles. The number of benzene rings is 2. The third kappa shape index (κ3) is 5.25. The lowest BCUT2D eigenvalue weighted by Crippen LogP contribution is -2.37. The van der Waals surface area contributed by atoms with E-state index in [1.165, 1.54) is 18.2 Å². The molecule has 0 saturated heterocycles. The van der Waals surface area contributed by atoms with Crippen molar-refractivity contribution in [2.75, 3.05) is 22.4 Å². The summed E-state index contributed by atoms with van der Waals surface area (Å²) in [4.78, 5) is 12.3. The fourth-order valence-electron chi connectivity index (χ4n) is 2.09. The number of nitrogens with one attached hydrogen (secondary N) is 1. The highest BCUT2D eigenvalue weighted by atomic mass is 35.5. The van der Waals surface area contributed by atoms with Crippen LogP contribution in [-0.2, 0) is 14.8 Å². The zero-order chi connectivity index (χ0) is 18.8. The van der Waals surface area contributed by atoms with Crippen LogP contribution in [0, 0.1) is 6.92 Å². The van der Waals surface area contributed by atoms with Crippen molar-refractivity contribution in [2.24, 2.45) is 0 Å². The molecule has 0 unspecified atom stereocenters. The minimum absolute atomic E-state index is 0.193. The number of aryl methyl sites for hydroxylation is 1. The van der Waals surface area contributed by atoms with Crippen LogP contribution >= 0.6 is 34.8 Å². The summed E-state index contributed by atoms with van der Waals surface area (Å²) in [5, 5.41) is 3.61. The molecule has 2 aromatic carbocycles. The Balaban J connectivity index is 2.27. The summed E-state index contributed by atoms with van der Waals surface area (Å²) in [6, 6.07) is 9.39. The van der Waals surface area contributed by atoms with Gasteiger partial charge in [0.1, 0.15) is 6.54 Å². The van der Waals surface area contributed by atoms with E-state index in [0.29, 0.717) is 10.7 Å². The van der Waals surface area contributed by atoms with Crippen LogP contribution in [0.1, 0.15) is 5.56 Å². The van der Waals surface area contributed by atoms with E-state index in [1.54, 1.807) is 25.1 Å². The van der Waals surface area contributed by atoms with Crippen molar-refractivity contribution in [3.8, 4) is 0 Å². The van der Waals surface area contributed by atoms with Gasteiger partial charge in [0, 0.05) is 10.7 Å². The van der Waals surface area contributed by atoms with Gasteiger partial charge in [-0.1, -0.05) is 40.9 Å². The average molecular weight is 422 g/mol. The molecule has 9 heteroatoms. The molecule has 0 bridgehead atoms. The molecular weight excluding hydrogens is 407 g/mol. The van der Waals surface area contributed by atoms with Crippen LogP contribution in [-0.4, -0.2) is 27.1 Å². The summed E-state index contributed by atoms with van der Waals surface area (Å²) in [6.07, 6.45) is 1.01. The lowest BCUT2D eigenvalue weighted by Gasteiger charge is -2.22. The first-order chi connectivity index (χ1) is 11.6. The second kappa shape index (κ2) is 7.83. The highest BCUT2D eigenvalue weighted by Gasteiger charge is 2.22. The standard InChI is InChI=1S/C16H15Cl3N2O3S/c1-10-3-4-11(17)7-15(10)20-16(22)9-21(25(2,23)24)12-5-6-13(18)14(19)8-12/h3-8H,9H2,1-2H3,(H,20,22). The first-order valence-corrected chi connectivity index (χ1v) is 10.0. The molecule has 0 fully saturated rings. The van der Waals surface area contributed by atoms with Crippen LogP contribution in [0.4, 0.5) is 11.4 Å². The Kier molecular flexibility index (Phi) is 6.21. The van der Waals surface area contributed by atoms with Crippen molar-refractivity contribution in [1.29, 1.82) is 0 Å². The molecule has 0 aliphatic rings. The Labute approximate surface area is 161 Å². The number of sulfonamides is 1. The van der Waals surface area contributed by atoms with Crippen LogP contribution < -0.4 is 9.62 Å². The Bertz CT molecular complexity index is 917. The summed E-state index contributed by atoms with van der Waals surface area (Å²) in [5.41, 5.74) is 1.56. The van der Waals surface area contributed by atoms with E-state index < -0.39 is 22.5 Å². The first-order valence-electron chi connectivity index (χ1n) is 7.06. The Hall–Kier alpha value is -1.47. The molecule has 1 N–H and O–H groups in total. The number of carbonyl (C=O) groups is 1. The predicted octanol–water partition coefficient (Wildman–Crippen LogP) is 4.36. The largest absolute Gasteiger partial charge is 0.324 e. The van der Waals surface area contributed by atoms with E-state index in [0.717, 1.165) is 16.1 Å². The molecule has 1 amide bonds. The fourth-order valence-corrected chi connectivity index (χ4v) is 3.40. The van der Waals surface area contributed by atoms with Gasteiger partial charge >= 0.3 is 0 Å². The topological polar surface area (TPSA) is 66.5 Å². The molecule has 5 nitrogen and oxygen atoms in total. The van der Waals surface area contributed by atoms with Gasteiger partial charge in [0.05, 0.1) is 22.0 Å². The minimum Gasteiger partial charge on any atom is -0.324 e. The summed E-state index contributed by atoms with van der Waals surface area (Å²) in [7, 11) is -3.71. The molecule has 0 radical (unpaired) electrons. The quantitative estimate of drug-likeness (QED) is 0.780. The van der Waals surface area contributed by atoms with Crippen molar-refractivity contribution in [1.82, 2.24) is 0 Å². The third-order valence-corrected chi connectivity index (χ3v) is 5.47. The van der Waals surface area contributed by atoms with Crippen molar-refractivity contribution in [3.63, 3.8) is 0 Å². The van der Waals surface area contributed by atoms with Gasteiger partial charge in [0.15, 0.2) is 0 Å². The SMILES string of the molecule is Cc1ccc(Cl)cc1NC(=O)CN(c1ccc(Cl)c(Cl)c1)S(C)(=O)=O. The van der Waals surface area contributed by atoms with Crippen LogP contribution in [0.5, 0.6) is 0 Å². The first kappa shape index (κ1) is 19.8. The number of anilines is 2. The van der Waals surface area contributed by atoms with Crippen molar-refractivity contribution < 1.29 is 13.2 Å². The molecule has 25 heavy (non-hydrogen) atoms. The molecule has 0 atom stereocenters. The summed E-state index contributed by atoms with van der Waals surface area (Å²) in [5.74, 6) is -0.512. The monoisotopic (exact) mass is 420 g/mol. The summed E-state index contributed by atoms with van der Waals surface area (Å²) < 4.78 is 25.1. The lowest BCUT2D eigenvalue weighted by atomic mass is 10.2. The van der Waals surface area contributed by atoms with Crippen molar-refractivity contribution >= 4 is 62.1 Å². The van der Waals surface area contributed by atoms with Crippen LogP contribution in [0.3, 0.4) is 0 Å². The second-order valence-electron chi connectivity index (χ2n) is 5.38. The van der Waals surface area contributed by atoms with Gasteiger partial charge in [0.25, 0.3) is 0 Å². The second-order valence-corrected chi connectivity index (χ2v) is 8.53. The van der Waals surface area contributed by atoms with E-state index in [1.807, 2.05) is 0 Å². The number of nitrogens with zero attached hydrogens (tertiary/aromatic N) is 1. The van der Waals surface area contributed by atoms with E-state index in [4.69, 9.17) is 34.8 Å². The number of hydrogen-bond acceptors (Lipinski definition) is 3. The maximum Gasteiger partial charge on any atom is 0.245 e. The average Bonchev–Trinajstić information content (AvgIpc) is 2.50. The van der Waals surface area contributed by atoms with E-state index >= 15 is 0 Å². The van der Waals surface area contributed by atoms with Gasteiger partial charge in [-0.3, -0.25) is 9.10 Å². The molecule has 0 spiro atoms. The highest BCUT2D eigenvalue weighted by molar-refractivity contribution is 7.92. The van der Waals surface area contributed by atoms with Crippen molar-refractivity contribution in [3.05, 3.63) is 57.0 Å². The number of halogens is 3. The molecule has 0 aliphatic carbocycles. The molecule has 0 aliphatic heterocycles. The zero-order valence-electron chi connectivity index (χ0n) is 13.4. The van der Waals surface area contributed by atoms with Crippen LogP contribution in [0.25, 0.3) is 0 Å². The highest BCUT2D eigenvalue weighted by Crippen LogP contribution is 2.28. The van der Waals surface area contributed by atoms with Gasteiger partial charge in [0.2, 0.25) is 15.9 Å². The normalized spacial score (nSPS) is 11.2. The molecule has 0 saturated carbocycles. The summed E-state index contributed by atoms with van der Waals surface area (Å²) >= 11 is 17.7. The van der Waals surface area contributed by atoms with E-state index in [-0.39, 0.29) is 15.7 Å². The van der Waals surface area contributed by atoms with E-state index in [2.05, 4.69) is 5.32 Å². The number of rotatable bonds is 5. The number of carbonyl (C=O) groups excluding carboxylic acids is 1. The van der Waals surface area contributed by atoms with E-state index in [9.17, 15) is 13.2 Å². The van der Waals surface area contributed by atoms with Crippen LogP contribution in [0.2, 0.25) is 15.1 Å². The smallest absolute Gasteiger partial charge is 0.245 e. The van der Waals surface area contributed by atoms with Gasteiger partial charge in [-0.2, -0.15) is 0 Å². The molecule has 134 valence electrons. The molecule has 2 aromatic rings. The maximum absolute atomic E-state index is 12.3. The summed E-state index contributed by atoms with van der Waals surface area (Å²) in [6.45, 7) is 1.39.